The van der Waals surface area contributed by atoms with Gasteiger partial charge in [-0.05, 0) is 38.1 Å². The lowest BCUT2D eigenvalue weighted by Gasteiger charge is -2.40. The van der Waals surface area contributed by atoms with E-state index < -0.39 is 15.6 Å². The Bertz CT molecular complexity index is 569. The van der Waals surface area contributed by atoms with Gasteiger partial charge in [0.15, 0.2) is 0 Å². The minimum atomic E-state index is -3.53. The highest BCUT2D eigenvalue weighted by molar-refractivity contribution is 7.89. The summed E-state index contributed by atoms with van der Waals surface area (Å²) >= 11 is 0. The van der Waals surface area contributed by atoms with Crippen molar-refractivity contribution >= 4 is 10.0 Å². The average Bonchev–Trinajstić information content (AvgIpc) is 2.44. The van der Waals surface area contributed by atoms with E-state index in [4.69, 9.17) is 15.2 Å². The SMILES string of the molecule is CC1(C)COCCN1S(=O)(=O)c1ccc(OCCN)cc1. The van der Waals surface area contributed by atoms with Gasteiger partial charge in [0.05, 0.1) is 23.6 Å². The summed E-state index contributed by atoms with van der Waals surface area (Å²) in [6.45, 7) is 5.72. The predicted octanol–water partition coefficient (Wildman–Crippen LogP) is 0.824. The van der Waals surface area contributed by atoms with Gasteiger partial charge in [0.1, 0.15) is 12.4 Å². The van der Waals surface area contributed by atoms with Crippen LogP contribution in [0.25, 0.3) is 0 Å². The Hall–Kier alpha value is -1.15. The van der Waals surface area contributed by atoms with Crippen molar-refractivity contribution in [3.05, 3.63) is 24.3 Å². The maximum Gasteiger partial charge on any atom is 0.243 e. The molecule has 1 heterocycles. The van der Waals surface area contributed by atoms with Gasteiger partial charge in [-0.15, -0.1) is 0 Å². The Kier molecular flexibility index (Phi) is 4.88. The van der Waals surface area contributed by atoms with Crippen LogP contribution in [-0.4, -0.2) is 51.2 Å². The van der Waals surface area contributed by atoms with Crippen molar-refractivity contribution in [1.29, 1.82) is 0 Å². The fraction of sp³-hybridized carbons (Fsp3) is 0.571. The molecule has 0 bridgehead atoms. The highest BCUT2D eigenvalue weighted by Gasteiger charge is 2.39. The molecule has 0 saturated carbocycles. The highest BCUT2D eigenvalue weighted by atomic mass is 32.2. The largest absolute Gasteiger partial charge is 0.492 e. The molecule has 21 heavy (non-hydrogen) atoms. The molecule has 0 radical (unpaired) electrons. The van der Waals surface area contributed by atoms with E-state index in [9.17, 15) is 8.42 Å². The Morgan fingerprint density at radius 2 is 2.00 bits per heavy atom. The first-order chi connectivity index (χ1) is 9.88. The van der Waals surface area contributed by atoms with Crippen LogP contribution in [0, 0.1) is 0 Å². The van der Waals surface area contributed by atoms with Crippen molar-refractivity contribution in [3.63, 3.8) is 0 Å². The van der Waals surface area contributed by atoms with Gasteiger partial charge in [-0.2, -0.15) is 4.31 Å². The van der Waals surface area contributed by atoms with Crippen LogP contribution < -0.4 is 10.5 Å². The molecular formula is C14H22N2O4S. The van der Waals surface area contributed by atoms with Crippen LogP contribution in [-0.2, 0) is 14.8 Å². The molecule has 0 aliphatic carbocycles. The second-order valence-corrected chi connectivity index (χ2v) is 7.41. The van der Waals surface area contributed by atoms with Gasteiger partial charge < -0.3 is 15.2 Å². The summed E-state index contributed by atoms with van der Waals surface area (Å²) in [7, 11) is -3.53. The van der Waals surface area contributed by atoms with Crippen molar-refractivity contribution in [2.75, 3.05) is 32.9 Å². The molecule has 6 nitrogen and oxygen atoms in total. The number of hydrogen-bond donors (Lipinski definition) is 1. The molecule has 1 aromatic carbocycles. The molecule has 1 saturated heterocycles. The molecule has 1 aliphatic rings. The topological polar surface area (TPSA) is 81.9 Å². The quantitative estimate of drug-likeness (QED) is 0.870. The normalized spacial score (nSPS) is 19.4. The van der Waals surface area contributed by atoms with Gasteiger partial charge >= 0.3 is 0 Å². The van der Waals surface area contributed by atoms with Gasteiger partial charge in [-0.25, -0.2) is 8.42 Å². The molecule has 0 atom stereocenters. The zero-order valence-corrected chi connectivity index (χ0v) is 13.2. The number of rotatable bonds is 5. The summed E-state index contributed by atoms with van der Waals surface area (Å²) in [5.41, 5.74) is 4.81. The zero-order chi connectivity index (χ0) is 15.5. The number of nitrogens with two attached hydrogens (primary N) is 1. The van der Waals surface area contributed by atoms with E-state index in [1.165, 1.54) is 4.31 Å². The van der Waals surface area contributed by atoms with Gasteiger partial charge in [0, 0.05) is 13.1 Å². The molecule has 0 spiro atoms. The average molecular weight is 314 g/mol. The molecule has 2 N–H and O–H groups in total. The van der Waals surface area contributed by atoms with E-state index in [0.29, 0.717) is 38.7 Å². The molecule has 1 aromatic rings. The van der Waals surface area contributed by atoms with Crippen molar-refractivity contribution in [2.24, 2.45) is 5.73 Å². The lowest BCUT2D eigenvalue weighted by Crippen LogP contribution is -2.55. The van der Waals surface area contributed by atoms with E-state index in [1.807, 2.05) is 13.8 Å². The van der Waals surface area contributed by atoms with E-state index in [-0.39, 0.29) is 4.90 Å². The van der Waals surface area contributed by atoms with Crippen LogP contribution in [0.3, 0.4) is 0 Å². The summed E-state index contributed by atoms with van der Waals surface area (Å²) in [6, 6.07) is 6.42. The number of ether oxygens (including phenoxy) is 2. The van der Waals surface area contributed by atoms with Crippen LogP contribution in [0.1, 0.15) is 13.8 Å². The Morgan fingerprint density at radius 1 is 1.33 bits per heavy atom. The molecule has 1 aliphatic heterocycles. The number of morpholine rings is 1. The second-order valence-electron chi connectivity index (χ2n) is 5.55. The lowest BCUT2D eigenvalue weighted by atomic mass is 10.1. The number of benzene rings is 1. The van der Waals surface area contributed by atoms with E-state index in [0.717, 1.165) is 0 Å². The van der Waals surface area contributed by atoms with Crippen LogP contribution in [0.15, 0.2) is 29.2 Å². The molecule has 7 heteroatoms. The Morgan fingerprint density at radius 3 is 2.57 bits per heavy atom. The molecule has 118 valence electrons. The molecule has 0 unspecified atom stereocenters. The number of nitrogens with zero attached hydrogens (tertiary/aromatic N) is 1. The van der Waals surface area contributed by atoms with Crippen LogP contribution >= 0.6 is 0 Å². The molecule has 1 fully saturated rings. The summed E-state index contributed by atoms with van der Waals surface area (Å²) in [4.78, 5) is 0.262. The third kappa shape index (κ3) is 3.55. The van der Waals surface area contributed by atoms with Crippen molar-refractivity contribution in [3.8, 4) is 5.75 Å². The van der Waals surface area contributed by atoms with E-state index in [2.05, 4.69) is 0 Å². The van der Waals surface area contributed by atoms with Crippen molar-refractivity contribution < 1.29 is 17.9 Å². The van der Waals surface area contributed by atoms with E-state index in [1.54, 1.807) is 24.3 Å². The fourth-order valence-corrected chi connectivity index (χ4v) is 4.05. The minimum absolute atomic E-state index is 0.262. The molecule has 2 rings (SSSR count). The number of hydrogen-bond acceptors (Lipinski definition) is 5. The summed E-state index contributed by atoms with van der Waals surface area (Å²) in [5, 5.41) is 0. The lowest BCUT2D eigenvalue weighted by molar-refractivity contribution is -0.00770. The third-order valence-corrected chi connectivity index (χ3v) is 5.49. The summed E-state index contributed by atoms with van der Waals surface area (Å²) in [5.74, 6) is 0.612. The van der Waals surface area contributed by atoms with Crippen LogP contribution in [0.5, 0.6) is 5.75 Å². The van der Waals surface area contributed by atoms with Crippen molar-refractivity contribution in [2.45, 2.75) is 24.3 Å². The first-order valence-corrected chi connectivity index (χ1v) is 8.35. The maximum absolute atomic E-state index is 12.7. The van der Waals surface area contributed by atoms with Gasteiger partial charge in [0.2, 0.25) is 10.0 Å². The highest BCUT2D eigenvalue weighted by Crippen LogP contribution is 2.28. The second kappa shape index (κ2) is 6.31. The molecular weight excluding hydrogens is 292 g/mol. The third-order valence-electron chi connectivity index (χ3n) is 3.37. The van der Waals surface area contributed by atoms with Crippen LogP contribution in [0.2, 0.25) is 0 Å². The Labute approximate surface area is 125 Å². The maximum atomic E-state index is 12.7. The number of sulfonamides is 1. The van der Waals surface area contributed by atoms with Gasteiger partial charge in [-0.3, -0.25) is 0 Å². The molecule has 0 amide bonds. The van der Waals surface area contributed by atoms with Crippen molar-refractivity contribution in [1.82, 2.24) is 4.31 Å². The monoisotopic (exact) mass is 314 g/mol. The minimum Gasteiger partial charge on any atom is -0.492 e. The van der Waals surface area contributed by atoms with Crippen LogP contribution in [0.4, 0.5) is 0 Å². The summed E-state index contributed by atoms with van der Waals surface area (Å²) < 4.78 is 37.7. The summed E-state index contributed by atoms with van der Waals surface area (Å²) in [6.07, 6.45) is 0. The first-order valence-electron chi connectivity index (χ1n) is 6.91. The van der Waals surface area contributed by atoms with Gasteiger partial charge in [-0.1, -0.05) is 0 Å². The first kappa shape index (κ1) is 16.2. The zero-order valence-electron chi connectivity index (χ0n) is 12.4. The van der Waals surface area contributed by atoms with E-state index >= 15 is 0 Å². The fourth-order valence-electron chi connectivity index (χ4n) is 2.30. The van der Waals surface area contributed by atoms with Gasteiger partial charge in [0.25, 0.3) is 0 Å². The predicted molar refractivity (Wildman–Crippen MR) is 79.8 cm³/mol. The Balaban J connectivity index is 2.22. The smallest absolute Gasteiger partial charge is 0.243 e. The molecule has 0 aromatic heterocycles. The standard InChI is InChI=1S/C14H22N2O4S/c1-14(2)11-19-10-8-16(14)21(17,18)13-5-3-12(4-6-13)20-9-7-15/h3-6H,7-11,15H2,1-2H3.